The predicted molar refractivity (Wildman–Crippen MR) is 117 cm³/mol. The molecular formula is C24H41F3O3. The van der Waals surface area contributed by atoms with Crippen molar-refractivity contribution in [3.05, 3.63) is 36.0 Å². The molecule has 0 amide bonds. The third kappa shape index (κ3) is 17.3. The molecule has 0 atom stereocenters. The largest absolute Gasteiger partial charge is 0.573 e. The molecule has 0 saturated heterocycles. The zero-order valence-electron chi connectivity index (χ0n) is 19.5. The highest BCUT2D eigenvalue weighted by Crippen LogP contribution is 2.27. The smallest absolute Gasteiger partial charge is 0.498 e. The van der Waals surface area contributed by atoms with Crippen LogP contribution in [-0.4, -0.2) is 18.6 Å². The van der Waals surface area contributed by atoms with Gasteiger partial charge in [-0.2, -0.15) is 0 Å². The highest BCUT2D eigenvalue weighted by molar-refractivity contribution is 5.25. The molecule has 30 heavy (non-hydrogen) atoms. The fourth-order valence-electron chi connectivity index (χ4n) is 2.85. The van der Waals surface area contributed by atoms with E-state index in [1.54, 1.807) is 27.7 Å². The first kappa shape index (κ1) is 28.4. The Morgan fingerprint density at radius 2 is 1.30 bits per heavy atom. The standard InChI is InChI=1S/C24H41F3O3/c1-7-9-10-11-12-13-14-15-16-17-18-28-20(3)19-22(29-23(4,5)6)21(8-2)30-24(25,26)27/h8,19H,2,7,9-18H2,1,3-6H3/b20-19+,22-21-. The summed E-state index contributed by atoms with van der Waals surface area (Å²) in [5.41, 5.74) is -0.703. The minimum Gasteiger partial charge on any atom is -0.498 e. The van der Waals surface area contributed by atoms with Gasteiger partial charge in [0, 0.05) is 6.08 Å². The molecule has 0 aromatic heterocycles. The van der Waals surface area contributed by atoms with E-state index in [9.17, 15) is 13.2 Å². The molecule has 6 heteroatoms. The Morgan fingerprint density at radius 3 is 1.73 bits per heavy atom. The highest BCUT2D eigenvalue weighted by Gasteiger charge is 2.33. The lowest BCUT2D eigenvalue weighted by Gasteiger charge is -2.24. The number of hydrogen-bond acceptors (Lipinski definition) is 3. The lowest BCUT2D eigenvalue weighted by atomic mass is 10.1. The van der Waals surface area contributed by atoms with Crippen LogP contribution in [-0.2, 0) is 14.2 Å². The third-order valence-electron chi connectivity index (χ3n) is 4.23. The van der Waals surface area contributed by atoms with Gasteiger partial charge in [-0.15, -0.1) is 13.2 Å². The Bertz CT molecular complexity index is 529. The zero-order chi connectivity index (χ0) is 23.0. The lowest BCUT2D eigenvalue weighted by Crippen LogP contribution is -2.21. The average Bonchev–Trinajstić information content (AvgIpc) is 2.61. The molecule has 3 nitrogen and oxygen atoms in total. The van der Waals surface area contributed by atoms with E-state index in [-0.39, 0.29) is 5.76 Å². The van der Waals surface area contributed by atoms with Crippen molar-refractivity contribution in [2.45, 2.75) is 111 Å². The van der Waals surface area contributed by atoms with E-state index in [4.69, 9.17) is 9.47 Å². The minimum absolute atomic E-state index is 0.0598. The zero-order valence-corrected chi connectivity index (χ0v) is 19.5. The van der Waals surface area contributed by atoms with Gasteiger partial charge in [-0.1, -0.05) is 71.3 Å². The minimum atomic E-state index is -4.82. The molecule has 0 radical (unpaired) electrons. The summed E-state index contributed by atoms with van der Waals surface area (Å²) in [4.78, 5) is 0. The SMILES string of the molecule is C=C/C(OC(F)(F)F)=C(\C=C(/C)OCCCCCCCCCCCC)OC(C)(C)C. The van der Waals surface area contributed by atoms with Crippen LogP contribution in [0.15, 0.2) is 36.0 Å². The summed E-state index contributed by atoms with van der Waals surface area (Å²) >= 11 is 0. The summed E-state index contributed by atoms with van der Waals surface area (Å²) < 4.78 is 53.3. The second-order valence-electron chi connectivity index (χ2n) is 8.48. The summed E-state index contributed by atoms with van der Waals surface area (Å²) in [5.74, 6) is -0.0787. The topological polar surface area (TPSA) is 27.7 Å². The van der Waals surface area contributed by atoms with E-state index in [2.05, 4.69) is 18.2 Å². The Hall–Kier alpha value is -1.59. The molecule has 0 spiro atoms. The van der Waals surface area contributed by atoms with Crippen LogP contribution in [0.2, 0.25) is 0 Å². The summed E-state index contributed by atoms with van der Waals surface area (Å²) in [5, 5.41) is 0. The first-order valence-corrected chi connectivity index (χ1v) is 11.1. The Balaban J connectivity index is 4.49. The first-order valence-electron chi connectivity index (χ1n) is 11.1. The summed E-state index contributed by atoms with van der Waals surface area (Å²) in [6, 6.07) is 0. The first-order chi connectivity index (χ1) is 14.0. The fraction of sp³-hybridized carbons (Fsp3) is 0.750. The van der Waals surface area contributed by atoms with Crippen LogP contribution in [0.1, 0.15) is 98.8 Å². The number of rotatable bonds is 16. The molecule has 0 bridgehead atoms. The molecule has 0 aromatic rings. The summed E-state index contributed by atoms with van der Waals surface area (Å²) in [6.45, 7) is 13.1. The number of alkyl halides is 3. The quantitative estimate of drug-likeness (QED) is 0.138. The molecule has 0 aliphatic carbocycles. The van der Waals surface area contributed by atoms with Crippen molar-refractivity contribution in [1.82, 2.24) is 0 Å². The van der Waals surface area contributed by atoms with Crippen LogP contribution in [0.5, 0.6) is 0 Å². The fourth-order valence-corrected chi connectivity index (χ4v) is 2.85. The maximum Gasteiger partial charge on any atom is 0.573 e. The van der Waals surface area contributed by atoms with Crippen LogP contribution in [0, 0.1) is 0 Å². The molecule has 0 N–H and O–H groups in total. The van der Waals surface area contributed by atoms with Crippen molar-refractivity contribution >= 4 is 0 Å². The maximum atomic E-state index is 12.7. The van der Waals surface area contributed by atoms with Gasteiger partial charge in [-0.25, -0.2) is 0 Å². The predicted octanol–water partition coefficient (Wildman–Crippen LogP) is 8.58. The van der Waals surface area contributed by atoms with Gasteiger partial charge in [0.05, 0.1) is 12.4 Å². The average molecular weight is 435 g/mol. The third-order valence-corrected chi connectivity index (χ3v) is 4.23. The maximum absolute atomic E-state index is 12.7. The molecule has 176 valence electrons. The normalized spacial score (nSPS) is 13.7. The van der Waals surface area contributed by atoms with Crippen LogP contribution in [0.25, 0.3) is 0 Å². The van der Waals surface area contributed by atoms with Crippen LogP contribution < -0.4 is 0 Å². The van der Waals surface area contributed by atoms with E-state index in [1.807, 2.05) is 0 Å². The number of allylic oxidation sites excluding steroid dienone is 3. The van der Waals surface area contributed by atoms with Gasteiger partial charge in [-0.3, -0.25) is 0 Å². The molecule has 0 heterocycles. The van der Waals surface area contributed by atoms with Gasteiger partial charge < -0.3 is 14.2 Å². The van der Waals surface area contributed by atoms with Gasteiger partial charge in [0.2, 0.25) is 0 Å². The molecule has 0 aromatic carbocycles. The van der Waals surface area contributed by atoms with Crippen molar-refractivity contribution < 1.29 is 27.4 Å². The number of hydrogen-bond donors (Lipinski definition) is 0. The molecular weight excluding hydrogens is 393 g/mol. The number of unbranched alkanes of at least 4 members (excludes halogenated alkanes) is 9. The van der Waals surface area contributed by atoms with E-state index in [0.29, 0.717) is 12.4 Å². The Labute approximate surface area is 181 Å². The Kier molecular flexibility index (Phi) is 14.4. The van der Waals surface area contributed by atoms with Crippen LogP contribution in [0.3, 0.4) is 0 Å². The summed E-state index contributed by atoms with van der Waals surface area (Å²) in [7, 11) is 0. The van der Waals surface area contributed by atoms with Crippen LogP contribution >= 0.6 is 0 Å². The van der Waals surface area contributed by atoms with Crippen LogP contribution in [0.4, 0.5) is 13.2 Å². The van der Waals surface area contributed by atoms with Gasteiger partial charge >= 0.3 is 6.36 Å². The molecule has 0 saturated carbocycles. The number of ether oxygens (including phenoxy) is 3. The van der Waals surface area contributed by atoms with Gasteiger partial charge in [0.25, 0.3) is 0 Å². The van der Waals surface area contributed by atoms with E-state index < -0.39 is 17.7 Å². The van der Waals surface area contributed by atoms with E-state index in [0.717, 1.165) is 18.9 Å². The Morgan fingerprint density at radius 1 is 0.800 bits per heavy atom. The second-order valence-corrected chi connectivity index (χ2v) is 8.48. The van der Waals surface area contributed by atoms with Gasteiger partial charge in [0.1, 0.15) is 5.60 Å². The number of halogens is 3. The van der Waals surface area contributed by atoms with Crippen molar-refractivity contribution in [3.8, 4) is 0 Å². The molecule has 0 unspecified atom stereocenters. The van der Waals surface area contributed by atoms with Crippen molar-refractivity contribution in [1.29, 1.82) is 0 Å². The van der Waals surface area contributed by atoms with E-state index in [1.165, 1.54) is 57.4 Å². The molecule has 0 fully saturated rings. The molecule has 0 aliphatic heterocycles. The highest BCUT2D eigenvalue weighted by atomic mass is 19.4. The van der Waals surface area contributed by atoms with Crippen molar-refractivity contribution in [3.63, 3.8) is 0 Å². The van der Waals surface area contributed by atoms with Crippen molar-refractivity contribution in [2.75, 3.05) is 6.61 Å². The van der Waals surface area contributed by atoms with Gasteiger partial charge in [-0.05, 0) is 40.2 Å². The van der Waals surface area contributed by atoms with E-state index >= 15 is 0 Å². The lowest BCUT2D eigenvalue weighted by molar-refractivity contribution is -0.304. The molecule has 0 aliphatic rings. The van der Waals surface area contributed by atoms with Crippen molar-refractivity contribution in [2.24, 2.45) is 0 Å². The second kappa shape index (κ2) is 15.2. The molecule has 0 rings (SSSR count). The summed E-state index contributed by atoms with van der Waals surface area (Å²) in [6.07, 6.45) is 9.87. The monoisotopic (exact) mass is 434 g/mol. The van der Waals surface area contributed by atoms with Gasteiger partial charge in [0.15, 0.2) is 11.5 Å².